The van der Waals surface area contributed by atoms with Gasteiger partial charge < -0.3 is 14.5 Å². The number of aliphatic hydroxyl groups is 1. The lowest BCUT2D eigenvalue weighted by Crippen LogP contribution is -2.30. The van der Waals surface area contributed by atoms with Gasteiger partial charge in [-0.2, -0.15) is 0 Å². The number of fused-ring (bicyclic) bond motifs is 1. The molecule has 154 valence electrons. The standard InChI is InChI=1S/C22H13Cl2N3O4/c23-12-8-7-11(10-13(12)24)19(28)17-18(16-6-3-9-31-16)27(21(30)20(17)29)22-25-14-4-1-2-5-15(14)26-22/h1-10,18,28H,(H,25,26)/b19-17+. The first-order valence-electron chi connectivity index (χ1n) is 9.20. The van der Waals surface area contributed by atoms with Crippen molar-refractivity contribution in [3.8, 4) is 0 Å². The highest BCUT2D eigenvalue weighted by atomic mass is 35.5. The van der Waals surface area contributed by atoms with Crippen molar-refractivity contribution < 1.29 is 19.1 Å². The highest BCUT2D eigenvalue weighted by Crippen LogP contribution is 2.42. The van der Waals surface area contributed by atoms with Crippen molar-refractivity contribution in [3.63, 3.8) is 0 Å². The number of H-pyrrole nitrogens is 1. The summed E-state index contributed by atoms with van der Waals surface area (Å²) in [4.78, 5) is 34.7. The lowest BCUT2D eigenvalue weighted by molar-refractivity contribution is -0.132. The van der Waals surface area contributed by atoms with E-state index < -0.39 is 23.5 Å². The number of nitrogens with one attached hydrogen (secondary N) is 1. The number of hydrogen-bond donors (Lipinski definition) is 2. The second kappa shape index (κ2) is 7.30. The second-order valence-corrected chi connectivity index (χ2v) is 7.71. The maximum atomic E-state index is 13.0. The number of benzene rings is 2. The lowest BCUT2D eigenvalue weighted by Gasteiger charge is -2.20. The van der Waals surface area contributed by atoms with E-state index in [1.165, 1.54) is 29.4 Å². The van der Waals surface area contributed by atoms with Crippen LogP contribution < -0.4 is 4.90 Å². The van der Waals surface area contributed by atoms with E-state index in [4.69, 9.17) is 27.6 Å². The van der Waals surface area contributed by atoms with E-state index in [9.17, 15) is 14.7 Å². The van der Waals surface area contributed by atoms with Gasteiger partial charge in [0, 0.05) is 5.56 Å². The number of halogens is 2. The minimum atomic E-state index is -1.02. The summed E-state index contributed by atoms with van der Waals surface area (Å²) >= 11 is 12.0. The average molecular weight is 454 g/mol. The number of Topliss-reactive ketones (excluding diaryl/α,β-unsaturated/α-hetero) is 1. The molecule has 0 bridgehead atoms. The van der Waals surface area contributed by atoms with Crippen molar-refractivity contribution in [2.45, 2.75) is 6.04 Å². The average Bonchev–Trinajstić information content (AvgIpc) is 3.48. The Bertz CT molecular complexity index is 1340. The molecule has 1 saturated heterocycles. The van der Waals surface area contributed by atoms with Gasteiger partial charge in [0.05, 0.1) is 32.9 Å². The molecule has 1 aliphatic heterocycles. The van der Waals surface area contributed by atoms with Crippen LogP contribution in [0.2, 0.25) is 10.0 Å². The zero-order valence-corrected chi connectivity index (χ0v) is 17.2. The summed E-state index contributed by atoms with van der Waals surface area (Å²) in [5.74, 6) is -1.65. The van der Waals surface area contributed by atoms with Crippen molar-refractivity contribution >= 4 is 57.6 Å². The number of furan rings is 1. The molecule has 1 unspecified atom stereocenters. The number of aromatic nitrogens is 2. The number of amides is 1. The molecule has 0 spiro atoms. The van der Waals surface area contributed by atoms with Gasteiger partial charge in [-0.3, -0.25) is 14.5 Å². The van der Waals surface area contributed by atoms with Crippen molar-refractivity contribution in [3.05, 3.63) is 87.8 Å². The number of para-hydroxylation sites is 2. The number of carbonyl (C=O) groups excluding carboxylic acids is 2. The van der Waals surface area contributed by atoms with E-state index in [1.807, 2.05) is 12.1 Å². The summed E-state index contributed by atoms with van der Waals surface area (Å²) in [7, 11) is 0. The lowest BCUT2D eigenvalue weighted by atomic mass is 9.99. The summed E-state index contributed by atoms with van der Waals surface area (Å²) in [6.45, 7) is 0. The topological polar surface area (TPSA) is 99.4 Å². The molecule has 1 atom stereocenters. The Morgan fingerprint density at radius 1 is 1.06 bits per heavy atom. The quantitative estimate of drug-likeness (QED) is 0.255. The van der Waals surface area contributed by atoms with E-state index in [0.29, 0.717) is 21.8 Å². The highest BCUT2D eigenvalue weighted by molar-refractivity contribution is 6.51. The Balaban J connectivity index is 1.72. The minimum Gasteiger partial charge on any atom is -0.507 e. The molecule has 0 saturated carbocycles. The summed E-state index contributed by atoms with van der Waals surface area (Å²) in [6.07, 6.45) is 1.42. The van der Waals surface area contributed by atoms with Crippen molar-refractivity contribution in [1.82, 2.24) is 9.97 Å². The first-order chi connectivity index (χ1) is 15.0. The van der Waals surface area contributed by atoms with Crippen LogP contribution in [0.15, 0.2) is 70.9 Å². The molecular formula is C22H13Cl2N3O4. The van der Waals surface area contributed by atoms with Crippen molar-refractivity contribution in [1.29, 1.82) is 0 Å². The van der Waals surface area contributed by atoms with E-state index >= 15 is 0 Å². The molecule has 7 nitrogen and oxygen atoms in total. The van der Waals surface area contributed by atoms with Crippen LogP contribution in [0.3, 0.4) is 0 Å². The van der Waals surface area contributed by atoms with Crippen LogP contribution in [0.25, 0.3) is 16.8 Å². The van der Waals surface area contributed by atoms with Crippen LogP contribution >= 0.6 is 23.2 Å². The molecule has 1 fully saturated rings. The molecule has 2 N–H and O–H groups in total. The summed E-state index contributed by atoms with van der Waals surface area (Å²) in [5.41, 5.74) is 1.43. The Morgan fingerprint density at radius 3 is 2.58 bits per heavy atom. The number of nitrogens with zero attached hydrogens (tertiary/aromatic N) is 2. The third kappa shape index (κ3) is 3.10. The number of hydrogen-bond acceptors (Lipinski definition) is 5. The number of aromatic amines is 1. The molecule has 0 aliphatic carbocycles. The van der Waals surface area contributed by atoms with Gasteiger partial charge in [-0.1, -0.05) is 35.3 Å². The van der Waals surface area contributed by atoms with Crippen LogP contribution in [-0.4, -0.2) is 26.8 Å². The monoisotopic (exact) mass is 453 g/mol. The van der Waals surface area contributed by atoms with E-state index in [2.05, 4.69) is 9.97 Å². The van der Waals surface area contributed by atoms with Crippen molar-refractivity contribution in [2.24, 2.45) is 0 Å². The first kappa shape index (κ1) is 19.4. The minimum absolute atomic E-state index is 0.140. The highest BCUT2D eigenvalue weighted by Gasteiger charge is 2.49. The van der Waals surface area contributed by atoms with Gasteiger partial charge in [0.25, 0.3) is 5.78 Å². The van der Waals surface area contributed by atoms with E-state index in [1.54, 1.807) is 24.3 Å². The largest absolute Gasteiger partial charge is 0.507 e. The predicted molar refractivity (Wildman–Crippen MR) is 116 cm³/mol. The van der Waals surface area contributed by atoms with Gasteiger partial charge in [-0.25, -0.2) is 4.98 Å². The Morgan fingerprint density at radius 2 is 1.87 bits per heavy atom. The molecule has 0 radical (unpaired) electrons. The fourth-order valence-electron chi connectivity index (χ4n) is 3.62. The van der Waals surface area contributed by atoms with Crippen LogP contribution in [-0.2, 0) is 9.59 Å². The second-order valence-electron chi connectivity index (χ2n) is 6.89. The number of carbonyl (C=O) groups is 2. The zero-order chi connectivity index (χ0) is 21.7. The molecule has 4 aromatic rings. The van der Waals surface area contributed by atoms with Crippen LogP contribution in [0, 0.1) is 0 Å². The summed E-state index contributed by atoms with van der Waals surface area (Å²) < 4.78 is 5.52. The normalized spacial score (nSPS) is 18.3. The van der Waals surface area contributed by atoms with Crippen LogP contribution in [0.4, 0.5) is 5.95 Å². The van der Waals surface area contributed by atoms with Gasteiger partial charge in [-0.05, 0) is 42.5 Å². The molecule has 2 aromatic heterocycles. The maximum Gasteiger partial charge on any atom is 0.302 e. The Hall–Kier alpha value is -3.55. The molecule has 5 rings (SSSR count). The third-order valence-electron chi connectivity index (χ3n) is 5.06. The fourth-order valence-corrected chi connectivity index (χ4v) is 3.92. The Kier molecular flexibility index (Phi) is 4.57. The summed E-state index contributed by atoms with van der Waals surface area (Å²) in [5, 5.41) is 11.5. The van der Waals surface area contributed by atoms with Gasteiger partial charge in [0.1, 0.15) is 17.6 Å². The number of anilines is 1. The molecule has 3 heterocycles. The predicted octanol–water partition coefficient (Wildman–Crippen LogP) is 5.09. The Labute approximate surface area is 185 Å². The number of imidazole rings is 1. The number of aliphatic hydroxyl groups excluding tert-OH is 1. The van der Waals surface area contributed by atoms with Gasteiger partial charge in [0.2, 0.25) is 5.95 Å². The molecule has 9 heteroatoms. The fraction of sp³-hybridized carbons (Fsp3) is 0.0455. The van der Waals surface area contributed by atoms with E-state index in [0.717, 1.165) is 0 Å². The number of ketones is 1. The van der Waals surface area contributed by atoms with E-state index in [-0.39, 0.29) is 22.1 Å². The molecular weight excluding hydrogens is 441 g/mol. The zero-order valence-electron chi connectivity index (χ0n) is 15.7. The molecule has 1 amide bonds. The van der Waals surface area contributed by atoms with Crippen LogP contribution in [0.5, 0.6) is 0 Å². The van der Waals surface area contributed by atoms with Crippen LogP contribution in [0.1, 0.15) is 17.4 Å². The molecule has 31 heavy (non-hydrogen) atoms. The SMILES string of the molecule is O=C1C(=O)N(c2nc3ccccc3[nH]2)C(c2ccco2)/C1=C(\O)c1ccc(Cl)c(Cl)c1. The molecule has 2 aromatic carbocycles. The van der Waals surface area contributed by atoms with Crippen molar-refractivity contribution in [2.75, 3.05) is 4.90 Å². The molecule has 1 aliphatic rings. The van der Waals surface area contributed by atoms with Gasteiger partial charge >= 0.3 is 5.91 Å². The maximum absolute atomic E-state index is 13.0. The first-order valence-corrected chi connectivity index (χ1v) is 9.96. The number of rotatable bonds is 3. The van der Waals surface area contributed by atoms with Gasteiger partial charge in [-0.15, -0.1) is 0 Å². The summed E-state index contributed by atoms with van der Waals surface area (Å²) in [6, 6.07) is 13.9. The van der Waals surface area contributed by atoms with Gasteiger partial charge in [0.15, 0.2) is 0 Å². The third-order valence-corrected chi connectivity index (χ3v) is 5.79. The smallest absolute Gasteiger partial charge is 0.302 e.